The van der Waals surface area contributed by atoms with Crippen molar-refractivity contribution in [2.75, 3.05) is 6.79 Å². The Morgan fingerprint density at radius 2 is 1.00 bits per heavy atom. The van der Waals surface area contributed by atoms with Gasteiger partial charge in [-0.2, -0.15) is 0 Å². The summed E-state index contributed by atoms with van der Waals surface area (Å²) in [5.41, 5.74) is 0. The maximum atomic E-state index is 11.0. The van der Waals surface area contributed by atoms with Gasteiger partial charge >= 0.3 is 23.9 Å². The van der Waals surface area contributed by atoms with Gasteiger partial charge in [0, 0.05) is 0 Å². The second kappa shape index (κ2) is 8.06. The lowest BCUT2D eigenvalue weighted by Gasteiger charge is -2.09. The van der Waals surface area contributed by atoms with E-state index in [-0.39, 0.29) is 0 Å². The Labute approximate surface area is 109 Å². The SMILES string of the molecule is CC(C)OC(=O)C(=O)OCOC(=O)C(=O)OC(C)C. The number of hydrogen-bond acceptors (Lipinski definition) is 8. The molecular weight excluding hydrogens is 260 g/mol. The lowest BCUT2D eigenvalue weighted by atomic mass is 10.5. The molecule has 0 saturated carbocycles. The standard InChI is InChI=1S/C11H16O8/c1-6(2)18-10(14)8(12)16-5-17-9(13)11(15)19-7(3)4/h6-7H,5H2,1-4H3. The molecule has 0 aromatic heterocycles. The third-order valence-electron chi connectivity index (χ3n) is 1.40. The van der Waals surface area contributed by atoms with Crippen molar-refractivity contribution in [3.8, 4) is 0 Å². The minimum Gasteiger partial charge on any atom is -0.455 e. The molecule has 0 radical (unpaired) electrons. The molecule has 0 N–H and O–H groups in total. The highest BCUT2D eigenvalue weighted by atomic mass is 16.7. The number of carbonyl (C=O) groups excluding carboxylic acids is 4. The van der Waals surface area contributed by atoms with E-state index in [2.05, 4.69) is 18.9 Å². The van der Waals surface area contributed by atoms with E-state index in [1.165, 1.54) is 0 Å². The van der Waals surface area contributed by atoms with Gasteiger partial charge in [0.2, 0.25) is 6.79 Å². The lowest BCUT2D eigenvalue weighted by Crippen LogP contribution is -2.27. The van der Waals surface area contributed by atoms with Crippen molar-refractivity contribution in [2.45, 2.75) is 39.9 Å². The van der Waals surface area contributed by atoms with Crippen molar-refractivity contribution >= 4 is 23.9 Å². The summed E-state index contributed by atoms with van der Waals surface area (Å²) in [6, 6.07) is 0. The summed E-state index contributed by atoms with van der Waals surface area (Å²) < 4.78 is 17.6. The van der Waals surface area contributed by atoms with Crippen LogP contribution in [0, 0.1) is 0 Å². The Hall–Kier alpha value is -2.12. The van der Waals surface area contributed by atoms with E-state index in [4.69, 9.17) is 0 Å². The zero-order valence-corrected chi connectivity index (χ0v) is 11.1. The fraction of sp³-hybridized carbons (Fsp3) is 0.636. The summed E-state index contributed by atoms with van der Waals surface area (Å²) in [6.45, 7) is 5.32. The van der Waals surface area contributed by atoms with Crippen molar-refractivity contribution in [3.63, 3.8) is 0 Å². The molecule has 0 heterocycles. The van der Waals surface area contributed by atoms with Crippen LogP contribution in [0.4, 0.5) is 0 Å². The predicted molar refractivity (Wildman–Crippen MR) is 59.5 cm³/mol. The van der Waals surface area contributed by atoms with E-state index in [9.17, 15) is 19.2 Å². The zero-order valence-electron chi connectivity index (χ0n) is 11.1. The van der Waals surface area contributed by atoms with Crippen molar-refractivity contribution in [1.82, 2.24) is 0 Å². The van der Waals surface area contributed by atoms with Crippen molar-refractivity contribution in [2.24, 2.45) is 0 Å². The minimum atomic E-state index is -1.32. The van der Waals surface area contributed by atoms with Crippen LogP contribution in [0.3, 0.4) is 0 Å². The molecule has 0 atom stereocenters. The Morgan fingerprint density at radius 3 is 1.26 bits per heavy atom. The summed E-state index contributed by atoms with van der Waals surface area (Å²) in [5, 5.41) is 0. The van der Waals surface area contributed by atoms with E-state index in [1.54, 1.807) is 27.7 Å². The molecule has 0 aliphatic rings. The molecule has 0 aromatic carbocycles. The average molecular weight is 276 g/mol. The monoisotopic (exact) mass is 276 g/mol. The van der Waals surface area contributed by atoms with E-state index in [1.807, 2.05) is 0 Å². The molecule has 0 spiro atoms. The van der Waals surface area contributed by atoms with Gasteiger partial charge in [-0.25, -0.2) is 19.2 Å². The normalized spacial score (nSPS) is 10.0. The molecule has 0 aliphatic carbocycles. The fourth-order valence-corrected chi connectivity index (χ4v) is 0.779. The van der Waals surface area contributed by atoms with Crippen LogP contribution in [-0.4, -0.2) is 42.9 Å². The van der Waals surface area contributed by atoms with Crippen LogP contribution in [0.1, 0.15) is 27.7 Å². The van der Waals surface area contributed by atoms with Crippen LogP contribution < -0.4 is 0 Å². The summed E-state index contributed by atoms with van der Waals surface area (Å²) in [5.74, 6) is -5.07. The second-order valence-electron chi connectivity index (χ2n) is 3.89. The van der Waals surface area contributed by atoms with Crippen LogP contribution in [0.2, 0.25) is 0 Å². The fourth-order valence-electron chi connectivity index (χ4n) is 0.779. The van der Waals surface area contributed by atoms with Gasteiger partial charge in [0.15, 0.2) is 0 Å². The first-order chi connectivity index (χ1) is 8.73. The molecule has 0 aliphatic heterocycles. The molecule has 108 valence electrons. The highest BCUT2D eigenvalue weighted by molar-refractivity contribution is 6.30. The summed E-state index contributed by atoms with van der Waals surface area (Å²) >= 11 is 0. The smallest absolute Gasteiger partial charge is 0.420 e. The van der Waals surface area contributed by atoms with Crippen molar-refractivity contribution in [3.05, 3.63) is 0 Å². The molecule has 0 saturated heterocycles. The van der Waals surface area contributed by atoms with Gasteiger partial charge in [-0.1, -0.05) is 0 Å². The molecule has 8 nitrogen and oxygen atoms in total. The van der Waals surface area contributed by atoms with Gasteiger partial charge in [-0.15, -0.1) is 0 Å². The molecular formula is C11H16O8. The summed E-state index contributed by atoms with van der Waals surface area (Å²) in [7, 11) is 0. The van der Waals surface area contributed by atoms with Gasteiger partial charge in [0.1, 0.15) is 0 Å². The van der Waals surface area contributed by atoms with Crippen LogP contribution in [-0.2, 0) is 38.1 Å². The highest BCUT2D eigenvalue weighted by Crippen LogP contribution is 1.94. The minimum absolute atomic E-state index is 0.483. The highest BCUT2D eigenvalue weighted by Gasteiger charge is 2.22. The molecule has 0 bridgehead atoms. The Balaban J connectivity index is 3.97. The maximum Gasteiger partial charge on any atom is 0.420 e. The molecule has 8 heteroatoms. The Morgan fingerprint density at radius 1 is 0.684 bits per heavy atom. The van der Waals surface area contributed by atoms with Crippen LogP contribution in [0.25, 0.3) is 0 Å². The quantitative estimate of drug-likeness (QED) is 0.304. The van der Waals surface area contributed by atoms with Gasteiger partial charge in [0.25, 0.3) is 0 Å². The topological polar surface area (TPSA) is 105 Å². The number of rotatable bonds is 4. The first-order valence-electron chi connectivity index (χ1n) is 5.49. The van der Waals surface area contributed by atoms with Gasteiger partial charge in [-0.3, -0.25) is 0 Å². The molecule has 19 heavy (non-hydrogen) atoms. The first-order valence-corrected chi connectivity index (χ1v) is 5.49. The van der Waals surface area contributed by atoms with Crippen molar-refractivity contribution in [1.29, 1.82) is 0 Å². The van der Waals surface area contributed by atoms with Crippen LogP contribution >= 0.6 is 0 Å². The number of carbonyl (C=O) groups is 4. The predicted octanol–water partition coefficient (Wildman–Crippen LogP) is -0.0665. The number of ether oxygens (including phenoxy) is 4. The van der Waals surface area contributed by atoms with Gasteiger partial charge in [0.05, 0.1) is 12.2 Å². The van der Waals surface area contributed by atoms with E-state index in [0.717, 1.165) is 0 Å². The number of hydrogen-bond donors (Lipinski definition) is 0. The molecule has 0 aromatic rings. The third-order valence-corrected chi connectivity index (χ3v) is 1.40. The van der Waals surface area contributed by atoms with Crippen LogP contribution in [0.5, 0.6) is 0 Å². The molecule has 0 fully saturated rings. The Bertz CT molecular complexity index is 324. The second-order valence-corrected chi connectivity index (χ2v) is 3.89. The Kier molecular flexibility index (Phi) is 7.16. The average Bonchev–Trinajstić information content (AvgIpc) is 2.26. The third kappa shape index (κ3) is 7.74. The largest absolute Gasteiger partial charge is 0.455 e. The lowest BCUT2D eigenvalue weighted by molar-refractivity contribution is -0.185. The van der Waals surface area contributed by atoms with Crippen LogP contribution in [0.15, 0.2) is 0 Å². The van der Waals surface area contributed by atoms with Gasteiger partial charge < -0.3 is 18.9 Å². The molecule has 0 rings (SSSR count). The number of esters is 4. The maximum absolute atomic E-state index is 11.0. The van der Waals surface area contributed by atoms with E-state index < -0.39 is 42.9 Å². The van der Waals surface area contributed by atoms with Gasteiger partial charge in [-0.05, 0) is 27.7 Å². The summed E-state index contributed by atoms with van der Waals surface area (Å²) in [4.78, 5) is 44.0. The molecule has 0 amide bonds. The first kappa shape index (κ1) is 16.9. The van der Waals surface area contributed by atoms with E-state index in [0.29, 0.717) is 0 Å². The zero-order chi connectivity index (χ0) is 15.0. The van der Waals surface area contributed by atoms with E-state index >= 15 is 0 Å². The summed E-state index contributed by atoms with van der Waals surface area (Å²) in [6.07, 6.45) is -0.966. The molecule has 0 unspecified atom stereocenters. The van der Waals surface area contributed by atoms with Crippen molar-refractivity contribution < 1.29 is 38.1 Å².